The van der Waals surface area contributed by atoms with Crippen LogP contribution < -0.4 is 5.32 Å². The van der Waals surface area contributed by atoms with Crippen LogP contribution in [0.4, 0.5) is 0 Å². The third-order valence-electron chi connectivity index (χ3n) is 6.55. The summed E-state index contributed by atoms with van der Waals surface area (Å²) < 4.78 is 11.0. The van der Waals surface area contributed by atoms with Crippen LogP contribution in [0.1, 0.15) is 37.3 Å². The summed E-state index contributed by atoms with van der Waals surface area (Å²) in [5.74, 6) is 1.89. The van der Waals surface area contributed by atoms with Crippen molar-refractivity contribution in [1.82, 2.24) is 15.4 Å². The molecule has 2 aromatic rings. The number of morpholine rings is 1. The van der Waals surface area contributed by atoms with E-state index in [4.69, 9.17) is 9.26 Å². The number of nitrogens with one attached hydrogen (secondary N) is 1. The number of ether oxygens (including phenoxy) is 1. The molecule has 0 radical (unpaired) electrons. The molecule has 28 heavy (non-hydrogen) atoms. The summed E-state index contributed by atoms with van der Waals surface area (Å²) in [6, 6.07) is 10.1. The van der Waals surface area contributed by atoms with Gasteiger partial charge in [0.25, 0.3) is 0 Å². The monoisotopic (exact) mass is 385 g/mol. The largest absolute Gasteiger partial charge is 0.508 e. The summed E-state index contributed by atoms with van der Waals surface area (Å²) in [7, 11) is 0. The average molecular weight is 386 g/mol. The lowest BCUT2D eigenvalue weighted by molar-refractivity contribution is 0.0123. The van der Waals surface area contributed by atoms with Crippen molar-refractivity contribution in [2.45, 2.75) is 45.8 Å². The van der Waals surface area contributed by atoms with Crippen molar-refractivity contribution in [1.29, 1.82) is 0 Å². The quantitative estimate of drug-likeness (QED) is 0.764. The van der Waals surface area contributed by atoms with Crippen molar-refractivity contribution in [2.24, 2.45) is 11.3 Å². The van der Waals surface area contributed by atoms with Crippen molar-refractivity contribution in [3.63, 3.8) is 0 Å². The highest BCUT2D eigenvalue weighted by Gasteiger charge is 2.47. The first-order chi connectivity index (χ1) is 13.5. The molecule has 1 aromatic heterocycles. The molecule has 0 unspecified atom stereocenters. The molecule has 4 rings (SSSR count). The van der Waals surface area contributed by atoms with Gasteiger partial charge in [-0.2, -0.15) is 0 Å². The van der Waals surface area contributed by atoms with Gasteiger partial charge in [-0.1, -0.05) is 37.2 Å². The van der Waals surface area contributed by atoms with Crippen LogP contribution in [0.5, 0.6) is 5.75 Å². The topological polar surface area (TPSA) is 70.8 Å². The smallest absolute Gasteiger partial charge is 0.150 e. The van der Waals surface area contributed by atoms with Gasteiger partial charge in [0, 0.05) is 37.3 Å². The van der Waals surface area contributed by atoms with Crippen molar-refractivity contribution in [3.8, 4) is 5.75 Å². The van der Waals surface area contributed by atoms with Crippen molar-refractivity contribution >= 4 is 0 Å². The SMILES string of the molecule is CC1(C)[C@H](Cc2cc(CN3CCOCC3)on2)C[C@@H]1NCc1ccccc1O. The Morgan fingerprint density at radius 2 is 2.04 bits per heavy atom. The van der Waals surface area contributed by atoms with Crippen LogP contribution in [0, 0.1) is 11.3 Å². The Balaban J connectivity index is 1.27. The molecule has 1 saturated heterocycles. The van der Waals surface area contributed by atoms with Crippen molar-refractivity contribution < 1.29 is 14.4 Å². The van der Waals surface area contributed by atoms with Crippen LogP contribution in [0.2, 0.25) is 0 Å². The minimum absolute atomic E-state index is 0.188. The number of hydrogen-bond acceptors (Lipinski definition) is 6. The molecule has 152 valence electrons. The number of phenolic OH excluding ortho intramolecular Hbond substituents is 1. The van der Waals surface area contributed by atoms with Gasteiger partial charge in [-0.3, -0.25) is 4.90 Å². The van der Waals surface area contributed by atoms with Crippen LogP contribution >= 0.6 is 0 Å². The molecule has 1 saturated carbocycles. The van der Waals surface area contributed by atoms with Crippen LogP contribution in [0.15, 0.2) is 34.9 Å². The van der Waals surface area contributed by atoms with Gasteiger partial charge in [0.05, 0.1) is 25.5 Å². The molecule has 0 spiro atoms. The Hall–Kier alpha value is -1.89. The highest BCUT2D eigenvalue weighted by Crippen LogP contribution is 2.48. The standard InChI is InChI=1S/C22H31N3O3/c1-22(2)17(12-21(22)23-14-16-5-3-4-6-20(16)26)11-18-13-19(28-24-18)15-25-7-9-27-10-8-25/h3-6,13,17,21,23,26H,7-12,14-15H2,1-2H3/t17-,21+/m1/s1. The Morgan fingerprint density at radius 1 is 1.25 bits per heavy atom. The summed E-state index contributed by atoms with van der Waals surface area (Å²) in [4.78, 5) is 2.35. The second-order valence-corrected chi connectivity index (χ2v) is 8.69. The summed E-state index contributed by atoms with van der Waals surface area (Å²) in [5, 5.41) is 17.9. The predicted octanol–water partition coefficient (Wildman–Crippen LogP) is 2.96. The number of rotatable bonds is 7. The third-order valence-corrected chi connectivity index (χ3v) is 6.55. The Kier molecular flexibility index (Phi) is 5.71. The van der Waals surface area contributed by atoms with Crippen LogP contribution in [0.25, 0.3) is 0 Å². The van der Waals surface area contributed by atoms with Gasteiger partial charge in [-0.25, -0.2) is 0 Å². The molecule has 1 aliphatic heterocycles. The third kappa shape index (κ3) is 4.24. The van der Waals surface area contributed by atoms with E-state index in [0.29, 0.717) is 24.3 Å². The van der Waals surface area contributed by atoms with Crippen LogP contribution in [-0.2, 0) is 24.2 Å². The molecule has 1 aromatic carbocycles. The second kappa shape index (κ2) is 8.23. The van der Waals surface area contributed by atoms with E-state index in [0.717, 1.165) is 62.7 Å². The van der Waals surface area contributed by atoms with E-state index in [1.165, 1.54) is 0 Å². The normalized spacial score (nSPS) is 24.8. The Morgan fingerprint density at radius 3 is 2.79 bits per heavy atom. The maximum absolute atomic E-state index is 9.94. The maximum atomic E-state index is 9.94. The van der Waals surface area contributed by atoms with Gasteiger partial charge < -0.3 is 19.7 Å². The van der Waals surface area contributed by atoms with E-state index in [1.807, 2.05) is 18.2 Å². The number of nitrogens with zero attached hydrogens (tertiary/aromatic N) is 2. The van der Waals surface area contributed by atoms with E-state index in [9.17, 15) is 5.11 Å². The molecular formula is C22H31N3O3. The number of para-hydroxylation sites is 1. The van der Waals surface area contributed by atoms with Crippen molar-refractivity contribution in [3.05, 3.63) is 47.3 Å². The Labute approximate surface area is 166 Å². The average Bonchev–Trinajstić information content (AvgIpc) is 3.13. The molecule has 2 aliphatic rings. The van der Waals surface area contributed by atoms with Gasteiger partial charge in [-0.05, 0) is 30.2 Å². The molecule has 2 atom stereocenters. The van der Waals surface area contributed by atoms with Gasteiger partial charge >= 0.3 is 0 Å². The van der Waals surface area contributed by atoms with Crippen molar-refractivity contribution in [2.75, 3.05) is 26.3 Å². The number of aromatic hydroxyl groups is 1. The zero-order valence-electron chi connectivity index (χ0n) is 16.9. The molecular weight excluding hydrogens is 354 g/mol. The lowest BCUT2D eigenvalue weighted by Gasteiger charge is -2.52. The minimum atomic E-state index is 0.188. The molecule has 2 heterocycles. The molecule has 6 heteroatoms. The minimum Gasteiger partial charge on any atom is -0.508 e. The first-order valence-electron chi connectivity index (χ1n) is 10.3. The van der Waals surface area contributed by atoms with E-state index in [-0.39, 0.29) is 5.41 Å². The van der Waals surface area contributed by atoms with E-state index < -0.39 is 0 Å². The van der Waals surface area contributed by atoms with Gasteiger partial charge in [0.2, 0.25) is 0 Å². The molecule has 0 amide bonds. The lowest BCUT2D eigenvalue weighted by Crippen LogP contribution is -2.57. The van der Waals surface area contributed by atoms with E-state index in [1.54, 1.807) is 6.07 Å². The van der Waals surface area contributed by atoms with E-state index in [2.05, 4.69) is 35.3 Å². The summed E-state index contributed by atoms with van der Waals surface area (Å²) in [5.41, 5.74) is 2.19. The zero-order chi connectivity index (χ0) is 19.6. The fourth-order valence-corrected chi connectivity index (χ4v) is 4.36. The van der Waals surface area contributed by atoms with Gasteiger partial charge in [-0.15, -0.1) is 0 Å². The first kappa shape index (κ1) is 19.4. The first-order valence-corrected chi connectivity index (χ1v) is 10.3. The van der Waals surface area contributed by atoms with Crippen LogP contribution in [-0.4, -0.2) is 47.5 Å². The summed E-state index contributed by atoms with van der Waals surface area (Å²) in [6.07, 6.45) is 2.07. The number of phenols is 1. The molecule has 1 aliphatic carbocycles. The van der Waals surface area contributed by atoms with E-state index >= 15 is 0 Å². The molecule has 2 N–H and O–H groups in total. The number of aromatic nitrogens is 1. The fourth-order valence-electron chi connectivity index (χ4n) is 4.36. The second-order valence-electron chi connectivity index (χ2n) is 8.69. The molecule has 6 nitrogen and oxygen atoms in total. The maximum Gasteiger partial charge on any atom is 0.150 e. The molecule has 0 bridgehead atoms. The Bertz CT molecular complexity index is 783. The summed E-state index contributed by atoms with van der Waals surface area (Å²) in [6.45, 7) is 9.65. The lowest BCUT2D eigenvalue weighted by atomic mass is 9.57. The summed E-state index contributed by atoms with van der Waals surface area (Å²) >= 11 is 0. The number of hydrogen-bond donors (Lipinski definition) is 2. The van der Waals surface area contributed by atoms with Crippen LogP contribution in [0.3, 0.4) is 0 Å². The predicted molar refractivity (Wildman–Crippen MR) is 107 cm³/mol. The van der Waals surface area contributed by atoms with Gasteiger partial charge in [0.1, 0.15) is 5.75 Å². The zero-order valence-corrected chi connectivity index (χ0v) is 16.9. The highest BCUT2D eigenvalue weighted by molar-refractivity contribution is 5.31. The molecule has 2 fully saturated rings. The van der Waals surface area contributed by atoms with Gasteiger partial charge in [0.15, 0.2) is 5.76 Å². The highest BCUT2D eigenvalue weighted by atomic mass is 16.5. The number of benzene rings is 1. The fraction of sp³-hybridized carbons (Fsp3) is 0.591.